The minimum atomic E-state index is -3.63. The number of hydrogen-bond acceptors (Lipinski definition) is 6. The summed E-state index contributed by atoms with van der Waals surface area (Å²) in [5.41, 5.74) is 2.58. The third-order valence-electron chi connectivity index (χ3n) is 7.58. The van der Waals surface area contributed by atoms with Crippen molar-refractivity contribution in [3.05, 3.63) is 100 Å². The van der Waals surface area contributed by atoms with Crippen LogP contribution in [0.5, 0.6) is 0 Å². The van der Waals surface area contributed by atoms with E-state index in [1.807, 2.05) is 13.8 Å². The monoisotopic (exact) mass is 642 g/mol. The molecule has 3 atom stereocenters. The molecule has 0 bridgehead atoms. The molecule has 9 nitrogen and oxygen atoms in total. The number of benzene rings is 3. The first-order valence-electron chi connectivity index (χ1n) is 15.1. The zero-order chi connectivity index (χ0) is 32.7. The van der Waals surface area contributed by atoms with Crippen LogP contribution < -0.4 is 15.4 Å². The maximum Gasteiger partial charge on any atom is 0.253 e. The molecule has 1 heterocycles. The molecule has 1 aliphatic rings. The van der Waals surface area contributed by atoms with E-state index in [0.29, 0.717) is 35.5 Å². The van der Waals surface area contributed by atoms with Gasteiger partial charge in [-0.05, 0) is 79.3 Å². The molecule has 0 aliphatic carbocycles. The van der Waals surface area contributed by atoms with Crippen molar-refractivity contribution < 1.29 is 31.9 Å². The van der Waals surface area contributed by atoms with Gasteiger partial charge in [-0.25, -0.2) is 17.2 Å². The van der Waals surface area contributed by atoms with Gasteiger partial charge in [0.1, 0.15) is 11.6 Å². The number of nitrogens with one attached hydrogen (secondary N) is 3. The van der Waals surface area contributed by atoms with Gasteiger partial charge in [-0.1, -0.05) is 32.0 Å². The highest BCUT2D eigenvalue weighted by Gasteiger charge is 2.31. The predicted molar refractivity (Wildman–Crippen MR) is 170 cm³/mol. The quantitative estimate of drug-likeness (QED) is 0.220. The maximum absolute atomic E-state index is 14.0. The van der Waals surface area contributed by atoms with Gasteiger partial charge >= 0.3 is 0 Å². The number of anilines is 1. The SMILES string of the molecule is CCCN(CCC)C(=O)c1cc(C)cc(C(=O)N[C@@H](Cc2cc(F)cc(F)c2)[C@@H](O)CN[C@@H]2CS(=O)(=O)Nc3ccccc32)c1. The van der Waals surface area contributed by atoms with Crippen LogP contribution in [0, 0.1) is 18.6 Å². The van der Waals surface area contributed by atoms with E-state index in [-0.39, 0.29) is 35.8 Å². The normalized spacial score (nSPS) is 16.6. The van der Waals surface area contributed by atoms with Crippen molar-refractivity contribution >= 4 is 27.5 Å². The number of aliphatic hydroxyl groups excluding tert-OH is 1. The lowest BCUT2D eigenvalue weighted by atomic mass is 9.98. The van der Waals surface area contributed by atoms with Crippen molar-refractivity contribution in [1.29, 1.82) is 0 Å². The average Bonchev–Trinajstić information content (AvgIpc) is 2.97. The fraction of sp³-hybridized carbons (Fsp3) is 0.394. The molecule has 0 saturated carbocycles. The average molecular weight is 643 g/mol. The molecule has 3 aromatic rings. The Balaban J connectivity index is 1.58. The molecule has 0 radical (unpaired) electrons. The standard InChI is InChI=1S/C33H40F2N4O5S/c1-4-10-39(11-5-2)33(42)24-13-21(3)12-23(17-24)32(41)37-29(16-22-14-25(34)18-26(35)15-22)31(40)19-36-30-20-45(43,44)38-28-9-7-6-8-27(28)30/h6-9,12-15,17-18,29-31,36,38,40H,4-5,10-11,16,19-20H2,1-3H3,(H,37,41)/t29-,30+,31-/m0/s1. The summed E-state index contributed by atoms with van der Waals surface area (Å²) in [4.78, 5) is 28.6. The van der Waals surface area contributed by atoms with E-state index >= 15 is 0 Å². The Labute approximate surface area is 263 Å². The number of halogens is 2. The van der Waals surface area contributed by atoms with Gasteiger partial charge in [0.25, 0.3) is 11.8 Å². The summed E-state index contributed by atoms with van der Waals surface area (Å²) in [7, 11) is -3.63. The summed E-state index contributed by atoms with van der Waals surface area (Å²) in [6.45, 7) is 6.76. The van der Waals surface area contributed by atoms with Crippen molar-refractivity contribution in [2.75, 3.05) is 30.1 Å². The molecule has 0 fully saturated rings. The summed E-state index contributed by atoms with van der Waals surface area (Å²) in [5.74, 6) is -2.64. The predicted octanol–water partition coefficient (Wildman–Crippen LogP) is 4.32. The van der Waals surface area contributed by atoms with Crippen molar-refractivity contribution in [2.45, 2.75) is 58.2 Å². The van der Waals surface area contributed by atoms with Crippen LogP contribution >= 0.6 is 0 Å². The number of hydrogen-bond donors (Lipinski definition) is 4. The Morgan fingerprint density at radius 2 is 1.64 bits per heavy atom. The van der Waals surface area contributed by atoms with Gasteiger partial charge in [-0.3, -0.25) is 14.3 Å². The Bertz CT molecular complexity index is 1610. The van der Waals surface area contributed by atoms with Gasteiger partial charge in [0.2, 0.25) is 10.0 Å². The Kier molecular flexibility index (Phi) is 11.3. The summed E-state index contributed by atoms with van der Waals surface area (Å²) in [6.07, 6.45) is 0.158. The van der Waals surface area contributed by atoms with Crippen LogP contribution in [0.3, 0.4) is 0 Å². The number of carbonyl (C=O) groups is 2. The number of aliphatic hydroxyl groups is 1. The zero-order valence-corrected chi connectivity index (χ0v) is 26.5. The maximum atomic E-state index is 14.0. The van der Waals surface area contributed by atoms with E-state index in [1.54, 1.807) is 48.2 Å². The Morgan fingerprint density at radius 1 is 1.00 bits per heavy atom. The molecule has 45 heavy (non-hydrogen) atoms. The summed E-state index contributed by atoms with van der Waals surface area (Å²) in [6, 6.07) is 13.0. The smallest absolute Gasteiger partial charge is 0.253 e. The number of sulfonamides is 1. The molecule has 242 valence electrons. The first-order chi connectivity index (χ1) is 21.4. The molecule has 2 amide bonds. The van der Waals surface area contributed by atoms with E-state index < -0.39 is 45.8 Å². The number of fused-ring (bicyclic) bond motifs is 1. The fourth-order valence-corrected chi connectivity index (χ4v) is 6.92. The summed E-state index contributed by atoms with van der Waals surface area (Å²) >= 11 is 0. The van der Waals surface area contributed by atoms with Crippen LogP contribution in [0.1, 0.15) is 70.1 Å². The Morgan fingerprint density at radius 3 is 2.31 bits per heavy atom. The molecule has 0 unspecified atom stereocenters. The molecule has 4 rings (SSSR count). The van der Waals surface area contributed by atoms with E-state index in [1.165, 1.54) is 6.07 Å². The molecular weight excluding hydrogens is 602 g/mol. The molecule has 0 aromatic heterocycles. The summed E-state index contributed by atoms with van der Waals surface area (Å²) < 4.78 is 55.5. The lowest BCUT2D eigenvalue weighted by molar-refractivity contribution is 0.0755. The van der Waals surface area contributed by atoms with Crippen molar-refractivity contribution in [3.8, 4) is 0 Å². The van der Waals surface area contributed by atoms with Gasteiger partial charge in [0.05, 0.1) is 29.6 Å². The van der Waals surface area contributed by atoms with Gasteiger partial charge in [-0.15, -0.1) is 0 Å². The molecule has 3 aromatic carbocycles. The Hall–Kier alpha value is -3.87. The topological polar surface area (TPSA) is 128 Å². The van der Waals surface area contributed by atoms with E-state index in [0.717, 1.165) is 31.0 Å². The highest BCUT2D eigenvalue weighted by molar-refractivity contribution is 7.92. The minimum Gasteiger partial charge on any atom is -0.390 e. The lowest BCUT2D eigenvalue weighted by Crippen LogP contribution is -2.50. The van der Waals surface area contributed by atoms with Crippen molar-refractivity contribution in [2.24, 2.45) is 0 Å². The molecule has 0 saturated heterocycles. The first-order valence-corrected chi connectivity index (χ1v) is 16.7. The minimum absolute atomic E-state index is 0.122. The van der Waals surface area contributed by atoms with E-state index in [9.17, 15) is 31.9 Å². The molecule has 12 heteroatoms. The highest BCUT2D eigenvalue weighted by Crippen LogP contribution is 2.30. The number of amides is 2. The second-order valence-electron chi connectivity index (χ2n) is 11.4. The van der Waals surface area contributed by atoms with Crippen molar-refractivity contribution in [1.82, 2.24) is 15.5 Å². The van der Waals surface area contributed by atoms with Crippen LogP contribution in [0.4, 0.5) is 14.5 Å². The van der Waals surface area contributed by atoms with Crippen LogP contribution in [0.15, 0.2) is 60.7 Å². The van der Waals surface area contributed by atoms with Crippen LogP contribution in [0.25, 0.3) is 0 Å². The van der Waals surface area contributed by atoms with Gasteiger partial charge in [-0.2, -0.15) is 0 Å². The van der Waals surface area contributed by atoms with Crippen LogP contribution in [-0.4, -0.2) is 67.8 Å². The lowest BCUT2D eigenvalue weighted by Gasteiger charge is -2.30. The molecular formula is C33H40F2N4O5S. The van der Waals surface area contributed by atoms with Gasteiger partial charge in [0.15, 0.2) is 0 Å². The number of aryl methyl sites for hydroxylation is 1. The fourth-order valence-electron chi connectivity index (χ4n) is 5.58. The third-order valence-corrected chi connectivity index (χ3v) is 8.88. The van der Waals surface area contributed by atoms with Gasteiger partial charge < -0.3 is 20.6 Å². The van der Waals surface area contributed by atoms with E-state index in [4.69, 9.17) is 0 Å². The third kappa shape index (κ3) is 9.09. The molecule has 0 spiro atoms. The van der Waals surface area contributed by atoms with Crippen molar-refractivity contribution in [3.63, 3.8) is 0 Å². The van der Waals surface area contributed by atoms with E-state index in [2.05, 4.69) is 15.4 Å². The molecule has 1 aliphatic heterocycles. The summed E-state index contributed by atoms with van der Waals surface area (Å²) in [5, 5.41) is 17.2. The van der Waals surface area contributed by atoms with Crippen LogP contribution in [-0.2, 0) is 16.4 Å². The number of nitrogens with zero attached hydrogens (tertiary/aromatic N) is 1. The number of rotatable bonds is 13. The largest absolute Gasteiger partial charge is 0.390 e. The second kappa shape index (κ2) is 14.9. The number of para-hydroxylation sites is 1. The highest BCUT2D eigenvalue weighted by atomic mass is 32.2. The van der Waals surface area contributed by atoms with Crippen LogP contribution in [0.2, 0.25) is 0 Å². The first kappa shape index (κ1) is 34.0. The van der Waals surface area contributed by atoms with Gasteiger partial charge in [0, 0.05) is 36.8 Å². The number of carbonyl (C=O) groups excluding carboxylic acids is 2. The second-order valence-corrected chi connectivity index (χ2v) is 13.2. The molecule has 4 N–H and O–H groups in total. The zero-order valence-electron chi connectivity index (χ0n) is 25.6.